The lowest BCUT2D eigenvalue weighted by atomic mass is 9.69. The van der Waals surface area contributed by atoms with E-state index in [9.17, 15) is 4.79 Å². The maximum atomic E-state index is 12.7. The lowest BCUT2D eigenvalue weighted by Crippen LogP contribution is -2.30. The highest BCUT2D eigenvalue weighted by molar-refractivity contribution is 6.10. The monoisotopic (exact) mass is 248 g/mol. The van der Waals surface area contributed by atoms with Gasteiger partial charge in [-0.1, -0.05) is 67.5 Å². The fraction of sp³-hybridized carbons (Fsp3) is 0.706. The largest absolute Gasteiger partial charge is 0.289 e. The Hall–Kier alpha value is -0.850. The molecule has 18 heavy (non-hydrogen) atoms. The number of carbonyl (C=O) groups excluding carboxylic acids is 1. The Morgan fingerprint density at radius 2 is 1.22 bits per heavy atom. The minimum Gasteiger partial charge on any atom is -0.289 e. The molecule has 1 heteroatoms. The van der Waals surface area contributed by atoms with Gasteiger partial charge in [0.25, 0.3) is 0 Å². The van der Waals surface area contributed by atoms with Crippen LogP contribution in [0.4, 0.5) is 0 Å². The molecule has 0 amide bonds. The Kier molecular flexibility index (Phi) is 3.95. The summed E-state index contributed by atoms with van der Waals surface area (Å²) in [6.07, 6.45) is 4.37. The van der Waals surface area contributed by atoms with Crippen molar-refractivity contribution in [2.45, 2.75) is 55.4 Å². The number of hydrogen-bond acceptors (Lipinski definition) is 1. The maximum absolute atomic E-state index is 12.7. The highest BCUT2D eigenvalue weighted by Gasteiger charge is 2.35. The summed E-state index contributed by atoms with van der Waals surface area (Å²) in [5.74, 6) is 1.16. The van der Waals surface area contributed by atoms with Crippen LogP contribution < -0.4 is 0 Å². The van der Waals surface area contributed by atoms with Crippen LogP contribution in [0.1, 0.15) is 55.4 Å². The van der Waals surface area contributed by atoms with Crippen molar-refractivity contribution in [1.82, 2.24) is 0 Å². The Bertz CT molecular complexity index is 360. The van der Waals surface area contributed by atoms with Crippen molar-refractivity contribution in [1.29, 1.82) is 0 Å². The molecule has 0 fully saturated rings. The smallest absolute Gasteiger partial charge is 0.185 e. The molecule has 0 N–H and O–H groups in total. The van der Waals surface area contributed by atoms with Crippen molar-refractivity contribution in [3.8, 4) is 0 Å². The van der Waals surface area contributed by atoms with Crippen LogP contribution in [0, 0.1) is 22.7 Å². The minimum absolute atomic E-state index is 0.0744. The zero-order valence-electron chi connectivity index (χ0n) is 13.2. The van der Waals surface area contributed by atoms with Crippen LogP contribution >= 0.6 is 0 Å². The van der Waals surface area contributed by atoms with Crippen molar-refractivity contribution < 1.29 is 4.79 Å². The molecule has 0 bridgehead atoms. The molecule has 1 rings (SSSR count). The van der Waals surface area contributed by atoms with Gasteiger partial charge in [0.15, 0.2) is 5.78 Å². The summed E-state index contributed by atoms with van der Waals surface area (Å²) in [6, 6.07) is 0. The standard InChI is InChI=1S/C17H28O/c1-11(2)12-9-13(16(3,4)5)15(18)14(10-12)17(6,7)8/h9-12H,1-8H3. The number of Topliss-reactive ketones (excluding diaryl/α,β-unsaturated/α-hetero) is 1. The van der Waals surface area contributed by atoms with Crippen molar-refractivity contribution in [2.75, 3.05) is 0 Å². The number of carbonyl (C=O) groups is 1. The molecule has 1 nitrogen and oxygen atoms in total. The van der Waals surface area contributed by atoms with Gasteiger partial charge >= 0.3 is 0 Å². The second-order valence-corrected chi connectivity index (χ2v) is 7.81. The zero-order chi connectivity index (χ0) is 14.3. The highest BCUT2D eigenvalue weighted by Crippen LogP contribution is 2.40. The Morgan fingerprint density at radius 3 is 1.44 bits per heavy atom. The predicted molar refractivity (Wildman–Crippen MR) is 78.4 cm³/mol. The first-order valence-corrected chi connectivity index (χ1v) is 6.94. The SMILES string of the molecule is CC(C)C1C=C(C(C)(C)C)C(=O)C(C(C)(C)C)=C1. The molecule has 0 saturated carbocycles. The summed E-state index contributed by atoms with van der Waals surface area (Å²) in [5, 5.41) is 0. The summed E-state index contributed by atoms with van der Waals surface area (Å²) in [4.78, 5) is 12.7. The van der Waals surface area contributed by atoms with Crippen LogP contribution in [0.25, 0.3) is 0 Å². The highest BCUT2D eigenvalue weighted by atomic mass is 16.1. The van der Waals surface area contributed by atoms with Crippen LogP contribution in [0.2, 0.25) is 0 Å². The van der Waals surface area contributed by atoms with E-state index >= 15 is 0 Å². The van der Waals surface area contributed by atoms with E-state index in [1.165, 1.54) is 0 Å². The molecule has 0 aromatic carbocycles. The van der Waals surface area contributed by atoms with Crippen LogP contribution in [0.5, 0.6) is 0 Å². The lowest BCUT2D eigenvalue weighted by molar-refractivity contribution is -0.114. The number of ketones is 1. The van der Waals surface area contributed by atoms with Crippen LogP contribution in [0.15, 0.2) is 23.3 Å². The Labute approximate surface area is 112 Å². The molecule has 0 heterocycles. The molecule has 102 valence electrons. The molecule has 0 aromatic rings. The van der Waals surface area contributed by atoms with Gasteiger partial charge in [0, 0.05) is 11.1 Å². The molecular weight excluding hydrogens is 220 g/mol. The van der Waals surface area contributed by atoms with Gasteiger partial charge in [-0.3, -0.25) is 4.79 Å². The molecule has 0 radical (unpaired) electrons. The lowest BCUT2D eigenvalue weighted by Gasteiger charge is -2.34. The number of allylic oxidation sites excluding steroid dienone is 4. The molecule has 0 atom stereocenters. The van der Waals surface area contributed by atoms with Gasteiger partial charge < -0.3 is 0 Å². The summed E-state index contributed by atoms with van der Waals surface area (Å²) in [6.45, 7) is 17.2. The summed E-state index contributed by atoms with van der Waals surface area (Å²) in [5.41, 5.74) is 1.81. The Balaban J connectivity index is 3.30. The topological polar surface area (TPSA) is 17.1 Å². The first-order chi connectivity index (χ1) is 7.94. The van der Waals surface area contributed by atoms with Gasteiger partial charge in [-0.2, -0.15) is 0 Å². The zero-order valence-corrected chi connectivity index (χ0v) is 13.2. The first kappa shape index (κ1) is 15.2. The van der Waals surface area contributed by atoms with E-state index in [1.807, 2.05) is 0 Å². The van der Waals surface area contributed by atoms with Gasteiger partial charge in [0.2, 0.25) is 0 Å². The van der Waals surface area contributed by atoms with E-state index in [4.69, 9.17) is 0 Å². The second-order valence-electron chi connectivity index (χ2n) is 7.81. The van der Waals surface area contributed by atoms with Gasteiger partial charge in [0.1, 0.15) is 0 Å². The van der Waals surface area contributed by atoms with Gasteiger partial charge in [-0.05, 0) is 22.7 Å². The number of rotatable bonds is 1. The fourth-order valence-electron chi connectivity index (χ4n) is 2.30. The van der Waals surface area contributed by atoms with Gasteiger partial charge in [0.05, 0.1) is 0 Å². The van der Waals surface area contributed by atoms with Crippen molar-refractivity contribution in [3.63, 3.8) is 0 Å². The van der Waals surface area contributed by atoms with E-state index in [0.717, 1.165) is 11.1 Å². The van der Waals surface area contributed by atoms with Gasteiger partial charge in [-0.25, -0.2) is 0 Å². The van der Waals surface area contributed by atoms with Crippen LogP contribution in [-0.2, 0) is 4.79 Å². The van der Waals surface area contributed by atoms with E-state index in [0.29, 0.717) is 11.8 Å². The first-order valence-electron chi connectivity index (χ1n) is 6.94. The second kappa shape index (κ2) is 4.68. The van der Waals surface area contributed by atoms with Crippen molar-refractivity contribution >= 4 is 5.78 Å². The molecule has 1 aliphatic rings. The normalized spacial score (nSPS) is 19.1. The third-order valence-electron chi connectivity index (χ3n) is 3.59. The summed E-state index contributed by atoms with van der Waals surface area (Å²) < 4.78 is 0. The van der Waals surface area contributed by atoms with Crippen molar-refractivity contribution in [3.05, 3.63) is 23.3 Å². The van der Waals surface area contributed by atoms with E-state index in [-0.39, 0.29) is 16.6 Å². The van der Waals surface area contributed by atoms with Crippen molar-refractivity contribution in [2.24, 2.45) is 22.7 Å². The number of hydrogen-bond donors (Lipinski definition) is 0. The third kappa shape index (κ3) is 3.13. The molecule has 1 aliphatic carbocycles. The average Bonchev–Trinajstić information content (AvgIpc) is 2.13. The molecule has 0 aromatic heterocycles. The average molecular weight is 248 g/mol. The van der Waals surface area contributed by atoms with Gasteiger partial charge in [-0.15, -0.1) is 0 Å². The van der Waals surface area contributed by atoms with E-state index < -0.39 is 0 Å². The van der Waals surface area contributed by atoms with E-state index in [2.05, 4.69) is 67.5 Å². The van der Waals surface area contributed by atoms with E-state index in [1.54, 1.807) is 0 Å². The predicted octanol–water partition coefficient (Wildman–Crippen LogP) is 4.79. The fourth-order valence-corrected chi connectivity index (χ4v) is 2.30. The molecule has 0 aliphatic heterocycles. The maximum Gasteiger partial charge on any atom is 0.185 e. The molecule has 0 spiro atoms. The quantitative estimate of drug-likeness (QED) is 0.652. The summed E-state index contributed by atoms with van der Waals surface area (Å²) >= 11 is 0. The van der Waals surface area contributed by atoms with Crippen LogP contribution in [-0.4, -0.2) is 5.78 Å². The molecule has 0 saturated heterocycles. The molecule has 0 unspecified atom stereocenters. The third-order valence-corrected chi connectivity index (χ3v) is 3.59. The Morgan fingerprint density at radius 1 is 0.889 bits per heavy atom. The minimum atomic E-state index is -0.0744. The summed E-state index contributed by atoms with van der Waals surface area (Å²) in [7, 11) is 0. The van der Waals surface area contributed by atoms with Crippen LogP contribution in [0.3, 0.4) is 0 Å². The molecular formula is C17H28O.